The number of imidazole rings is 1. The molecule has 29 heavy (non-hydrogen) atoms. The van der Waals surface area contributed by atoms with Gasteiger partial charge in [0.15, 0.2) is 0 Å². The zero-order valence-corrected chi connectivity index (χ0v) is 15.7. The Labute approximate surface area is 168 Å². The number of nitro benzene ring substituents is 1. The predicted molar refractivity (Wildman–Crippen MR) is 107 cm³/mol. The first-order valence-corrected chi connectivity index (χ1v) is 9.39. The lowest BCUT2D eigenvalue weighted by Crippen LogP contribution is -2.23. The Bertz CT molecular complexity index is 1160. The third-order valence-corrected chi connectivity index (χ3v) is 4.99. The third kappa shape index (κ3) is 4.01. The van der Waals surface area contributed by atoms with Crippen LogP contribution >= 0.6 is 11.3 Å². The quantitative estimate of drug-likeness (QED) is 0.388. The van der Waals surface area contributed by atoms with Gasteiger partial charge in [0.1, 0.15) is 10.7 Å². The van der Waals surface area contributed by atoms with E-state index in [0.29, 0.717) is 5.69 Å². The summed E-state index contributed by atoms with van der Waals surface area (Å²) in [6, 6.07) is 8.05. The van der Waals surface area contributed by atoms with Crippen molar-refractivity contribution < 1.29 is 9.72 Å². The summed E-state index contributed by atoms with van der Waals surface area (Å²) in [6.07, 6.45) is 7.97. The van der Waals surface area contributed by atoms with Crippen molar-refractivity contribution in [2.75, 3.05) is 0 Å². The van der Waals surface area contributed by atoms with Crippen LogP contribution in [-0.4, -0.2) is 30.3 Å². The van der Waals surface area contributed by atoms with Gasteiger partial charge in [-0.15, -0.1) is 11.3 Å². The third-order valence-electron chi connectivity index (χ3n) is 4.14. The molecule has 0 aliphatic rings. The number of thiazole rings is 1. The number of nitro groups is 1. The maximum absolute atomic E-state index is 12.5. The Morgan fingerprint density at radius 2 is 2.00 bits per heavy atom. The second-order valence-corrected chi connectivity index (χ2v) is 6.92. The maximum atomic E-state index is 12.5. The van der Waals surface area contributed by atoms with E-state index in [0.717, 1.165) is 16.3 Å². The van der Waals surface area contributed by atoms with E-state index in [4.69, 9.17) is 0 Å². The largest absolute Gasteiger partial charge is 0.346 e. The van der Waals surface area contributed by atoms with Gasteiger partial charge in [-0.1, -0.05) is 0 Å². The molecule has 0 unspecified atom stereocenters. The van der Waals surface area contributed by atoms with Gasteiger partial charge >= 0.3 is 0 Å². The fraction of sp³-hybridized carbons (Fsp3) is 0.0526. The maximum Gasteiger partial charge on any atom is 0.294 e. The lowest BCUT2D eigenvalue weighted by atomic mass is 10.1. The summed E-state index contributed by atoms with van der Waals surface area (Å²) in [5.41, 5.74) is 2.11. The number of nitrogens with one attached hydrogen (secondary N) is 1. The molecule has 0 fully saturated rings. The summed E-state index contributed by atoms with van der Waals surface area (Å²) >= 11 is 1.43. The molecule has 0 bridgehead atoms. The number of pyridine rings is 1. The molecule has 4 rings (SSSR count). The fourth-order valence-corrected chi connectivity index (χ4v) is 3.48. The highest BCUT2D eigenvalue weighted by Crippen LogP contribution is 2.24. The first-order valence-electron chi connectivity index (χ1n) is 8.51. The normalized spacial score (nSPS) is 10.6. The van der Waals surface area contributed by atoms with Crippen LogP contribution in [0.2, 0.25) is 0 Å². The van der Waals surface area contributed by atoms with E-state index in [1.54, 1.807) is 24.7 Å². The fourth-order valence-electron chi connectivity index (χ4n) is 2.74. The summed E-state index contributed by atoms with van der Waals surface area (Å²) in [5.74, 6) is -0.411. The number of nitrogens with zero attached hydrogens (tertiary/aromatic N) is 5. The smallest absolute Gasteiger partial charge is 0.294 e. The molecule has 0 spiro atoms. The predicted octanol–water partition coefficient (Wildman–Crippen LogP) is 3.23. The minimum absolute atomic E-state index is 0.176. The van der Waals surface area contributed by atoms with Gasteiger partial charge in [0.2, 0.25) is 0 Å². The van der Waals surface area contributed by atoms with E-state index in [-0.39, 0.29) is 17.8 Å². The first-order chi connectivity index (χ1) is 14.1. The minimum atomic E-state index is -0.520. The van der Waals surface area contributed by atoms with Gasteiger partial charge < -0.3 is 9.88 Å². The van der Waals surface area contributed by atoms with E-state index in [2.05, 4.69) is 20.3 Å². The van der Waals surface area contributed by atoms with Crippen LogP contribution < -0.4 is 5.32 Å². The molecule has 3 aromatic heterocycles. The van der Waals surface area contributed by atoms with E-state index in [9.17, 15) is 14.9 Å². The Morgan fingerprint density at radius 1 is 1.17 bits per heavy atom. The highest BCUT2D eigenvalue weighted by molar-refractivity contribution is 7.09. The van der Waals surface area contributed by atoms with Crippen molar-refractivity contribution in [3.05, 3.63) is 87.5 Å². The molecule has 1 N–H and O–H groups in total. The van der Waals surface area contributed by atoms with Gasteiger partial charge in [-0.2, -0.15) is 0 Å². The van der Waals surface area contributed by atoms with Crippen molar-refractivity contribution in [3.8, 4) is 16.9 Å². The Balaban J connectivity index is 1.48. The standard InChI is InChI=1S/C19H14N6O3S/c26-19(22-10-18-23-15(11-29-18)13-3-5-20-6-4-13)14-1-2-16(17(9-14)25(27)28)24-8-7-21-12-24/h1-9,11-12H,10H2,(H,22,26). The van der Waals surface area contributed by atoms with Crippen molar-refractivity contribution in [2.45, 2.75) is 6.54 Å². The molecule has 144 valence electrons. The van der Waals surface area contributed by atoms with E-state index in [1.165, 1.54) is 40.6 Å². The number of hydrogen-bond donors (Lipinski definition) is 1. The van der Waals surface area contributed by atoms with Gasteiger partial charge in [-0.25, -0.2) is 9.97 Å². The Morgan fingerprint density at radius 3 is 2.72 bits per heavy atom. The minimum Gasteiger partial charge on any atom is -0.346 e. The molecular formula is C19H14N6O3S. The molecule has 9 nitrogen and oxygen atoms in total. The second kappa shape index (κ2) is 7.98. The van der Waals surface area contributed by atoms with Gasteiger partial charge in [-0.05, 0) is 24.3 Å². The van der Waals surface area contributed by atoms with Crippen molar-refractivity contribution >= 4 is 22.9 Å². The lowest BCUT2D eigenvalue weighted by Gasteiger charge is -2.07. The van der Waals surface area contributed by atoms with E-state index in [1.807, 2.05) is 17.5 Å². The average Bonchev–Trinajstić information content (AvgIpc) is 3.44. The molecule has 1 aromatic carbocycles. The highest BCUT2D eigenvalue weighted by atomic mass is 32.1. The number of aromatic nitrogens is 4. The van der Waals surface area contributed by atoms with Crippen LogP contribution in [0.25, 0.3) is 16.9 Å². The SMILES string of the molecule is O=C(NCc1nc(-c2ccncc2)cs1)c1ccc(-n2ccnc2)c([N+](=O)[O-])c1. The molecule has 0 aliphatic carbocycles. The van der Waals surface area contributed by atoms with Crippen molar-refractivity contribution in [3.63, 3.8) is 0 Å². The zero-order valence-electron chi connectivity index (χ0n) is 14.9. The van der Waals surface area contributed by atoms with Crippen LogP contribution in [0.5, 0.6) is 0 Å². The number of hydrogen-bond acceptors (Lipinski definition) is 7. The summed E-state index contributed by atoms with van der Waals surface area (Å²) in [4.78, 5) is 35.8. The lowest BCUT2D eigenvalue weighted by molar-refractivity contribution is -0.384. The van der Waals surface area contributed by atoms with Crippen LogP contribution in [0.15, 0.2) is 66.8 Å². The van der Waals surface area contributed by atoms with Crippen molar-refractivity contribution in [1.82, 2.24) is 24.8 Å². The summed E-state index contributed by atoms with van der Waals surface area (Å²) in [7, 11) is 0. The van der Waals surface area contributed by atoms with Gasteiger partial charge in [0.05, 0.1) is 23.5 Å². The van der Waals surface area contributed by atoms with Crippen LogP contribution in [0, 0.1) is 10.1 Å². The molecule has 1 amide bonds. The molecule has 0 saturated heterocycles. The molecule has 0 radical (unpaired) electrons. The summed E-state index contributed by atoms with van der Waals surface area (Å²) < 4.78 is 1.52. The van der Waals surface area contributed by atoms with Crippen molar-refractivity contribution in [2.24, 2.45) is 0 Å². The van der Waals surface area contributed by atoms with Gasteiger partial charge in [0, 0.05) is 47.4 Å². The topological polar surface area (TPSA) is 116 Å². The second-order valence-electron chi connectivity index (χ2n) is 5.98. The van der Waals surface area contributed by atoms with Gasteiger partial charge in [-0.3, -0.25) is 19.9 Å². The Hall–Kier alpha value is -3.92. The van der Waals surface area contributed by atoms with Crippen LogP contribution in [0.4, 0.5) is 5.69 Å². The van der Waals surface area contributed by atoms with Crippen LogP contribution in [0.3, 0.4) is 0 Å². The van der Waals surface area contributed by atoms with Crippen molar-refractivity contribution in [1.29, 1.82) is 0 Å². The van der Waals surface area contributed by atoms with E-state index < -0.39 is 10.8 Å². The summed E-state index contributed by atoms with van der Waals surface area (Å²) in [5, 5.41) is 16.8. The molecule has 3 heterocycles. The Kier molecular flexibility index (Phi) is 5.08. The highest BCUT2D eigenvalue weighted by Gasteiger charge is 2.19. The summed E-state index contributed by atoms with van der Waals surface area (Å²) in [6.45, 7) is 0.228. The number of amides is 1. The molecule has 10 heteroatoms. The van der Waals surface area contributed by atoms with Gasteiger partial charge in [0.25, 0.3) is 11.6 Å². The first kappa shape index (κ1) is 18.4. The molecule has 0 saturated carbocycles. The van der Waals surface area contributed by atoms with E-state index >= 15 is 0 Å². The average molecular weight is 406 g/mol. The number of benzene rings is 1. The number of carbonyl (C=O) groups excluding carboxylic acids is 1. The monoisotopic (exact) mass is 406 g/mol. The zero-order chi connectivity index (χ0) is 20.2. The molecule has 0 aliphatic heterocycles. The van der Waals surface area contributed by atoms with Crippen LogP contribution in [-0.2, 0) is 6.54 Å². The number of rotatable bonds is 6. The molecule has 0 atom stereocenters. The molecule has 4 aromatic rings. The molecular weight excluding hydrogens is 392 g/mol. The van der Waals surface area contributed by atoms with Crippen LogP contribution in [0.1, 0.15) is 15.4 Å². The number of carbonyl (C=O) groups is 1.